The molecule has 0 aromatic carbocycles. The second kappa shape index (κ2) is 11.6. The number of aliphatic carboxylic acids is 2. The molecular weight excluding hydrogens is 242 g/mol. The van der Waals surface area contributed by atoms with Crippen LogP contribution < -0.4 is 16.8 Å². The van der Waals surface area contributed by atoms with Gasteiger partial charge in [0, 0.05) is 13.0 Å². The van der Waals surface area contributed by atoms with E-state index in [1.165, 1.54) is 0 Å². The van der Waals surface area contributed by atoms with Crippen LogP contribution in [-0.4, -0.2) is 40.8 Å². The smallest absolute Gasteiger partial charge is 0.320 e. The largest absolute Gasteiger partial charge is 0.481 e. The lowest BCUT2D eigenvalue weighted by Crippen LogP contribution is -2.33. The number of carbonyl (C=O) groups excluding carboxylic acids is 1. The Hall–Kier alpha value is -1.83. The molecule has 0 aromatic rings. The van der Waals surface area contributed by atoms with E-state index in [4.69, 9.17) is 21.7 Å². The van der Waals surface area contributed by atoms with Crippen LogP contribution in [0.15, 0.2) is 0 Å². The zero-order valence-corrected chi connectivity index (χ0v) is 10.4. The number of carboxylic acids is 2. The van der Waals surface area contributed by atoms with Crippen molar-refractivity contribution in [2.24, 2.45) is 11.5 Å². The van der Waals surface area contributed by atoms with Gasteiger partial charge in [0.25, 0.3) is 0 Å². The van der Waals surface area contributed by atoms with Gasteiger partial charge in [-0.25, -0.2) is 4.79 Å². The zero-order valence-electron chi connectivity index (χ0n) is 10.4. The molecule has 18 heavy (non-hydrogen) atoms. The van der Waals surface area contributed by atoms with Gasteiger partial charge in [-0.15, -0.1) is 0 Å². The van der Waals surface area contributed by atoms with Crippen molar-refractivity contribution in [2.75, 3.05) is 6.54 Å². The van der Waals surface area contributed by atoms with Crippen LogP contribution in [-0.2, 0) is 9.59 Å². The highest BCUT2D eigenvalue weighted by Crippen LogP contribution is 1.92. The summed E-state index contributed by atoms with van der Waals surface area (Å²) in [6.45, 7) is 2.20. The molecule has 0 spiro atoms. The molecule has 0 radical (unpaired) electrons. The minimum absolute atomic E-state index is 0.292. The minimum Gasteiger partial charge on any atom is -0.481 e. The summed E-state index contributed by atoms with van der Waals surface area (Å²) in [5.74, 6) is -1.74. The van der Waals surface area contributed by atoms with Gasteiger partial charge in [-0.05, 0) is 19.3 Å². The lowest BCUT2D eigenvalue weighted by atomic mass is 10.2. The lowest BCUT2D eigenvalue weighted by molar-refractivity contribution is -0.139. The first-order valence-corrected chi connectivity index (χ1v) is 5.54. The van der Waals surface area contributed by atoms with Crippen molar-refractivity contribution >= 4 is 18.0 Å². The fourth-order valence-corrected chi connectivity index (χ4v) is 0.871. The number of nitrogens with two attached hydrogens (primary N) is 2. The van der Waals surface area contributed by atoms with Crippen LogP contribution in [0.3, 0.4) is 0 Å². The van der Waals surface area contributed by atoms with E-state index in [0.29, 0.717) is 25.8 Å². The van der Waals surface area contributed by atoms with Gasteiger partial charge in [-0.3, -0.25) is 9.59 Å². The maximum Gasteiger partial charge on any atom is 0.320 e. The van der Waals surface area contributed by atoms with Gasteiger partial charge in [-0.2, -0.15) is 0 Å². The summed E-state index contributed by atoms with van der Waals surface area (Å²) in [5.41, 5.74) is 9.96. The minimum atomic E-state index is -1.03. The van der Waals surface area contributed by atoms with Crippen LogP contribution in [0.2, 0.25) is 0 Å². The van der Waals surface area contributed by atoms with E-state index >= 15 is 0 Å². The first-order valence-electron chi connectivity index (χ1n) is 5.54. The van der Waals surface area contributed by atoms with Crippen molar-refractivity contribution < 1.29 is 24.6 Å². The molecule has 0 aliphatic heterocycles. The van der Waals surface area contributed by atoms with Crippen LogP contribution in [0.1, 0.15) is 32.6 Å². The molecule has 2 amide bonds. The molecule has 0 heterocycles. The molecule has 106 valence electrons. The molecule has 0 aliphatic rings. The first-order chi connectivity index (χ1) is 8.31. The Morgan fingerprint density at radius 1 is 1.28 bits per heavy atom. The highest BCUT2D eigenvalue weighted by molar-refractivity contribution is 5.73. The van der Waals surface area contributed by atoms with Crippen LogP contribution >= 0.6 is 0 Å². The standard InChI is InChI=1S/C6H13N3O3.C4H8O2/c7-4(5(10)11)2-1-3-9-6(8)12;1-2-3-4(5)6/h4H,1-3,7H2,(H,10,11)(H3,8,9,12);2-3H2,1H3,(H,5,6)/t4-;/m0./s1. The fourth-order valence-electron chi connectivity index (χ4n) is 0.871. The number of hydrogen-bond donors (Lipinski definition) is 5. The van der Waals surface area contributed by atoms with E-state index in [9.17, 15) is 14.4 Å². The van der Waals surface area contributed by atoms with Crippen LogP contribution in [0.25, 0.3) is 0 Å². The van der Waals surface area contributed by atoms with Gasteiger partial charge in [0.2, 0.25) is 0 Å². The molecule has 0 bridgehead atoms. The average Bonchev–Trinajstić information content (AvgIpc) is 2.24. The zero-order chi connectivity index (χ0) is 14.6. The molecule has 0 rings (SSSR count). The fraction of sp³-hybridized carbons (Fsp3) is 0.700. The Morgan fingerprint density at radius 3 is 2.11 bits per heavy atom. The summed E-state index contributed by atoms with van der Waals surface area (Å²) in [7, 11) is 0. The Kier molecular flexibility index (Phi) is 12.0. The Labute approximate surface area is 105 Å². The lowest BCUT2D eigenvalue weighted by Gasteiger charge is -2.05. The molecule has 8 nitrogen and oxygen atoms in total. The molecule has 1 atom stereocenters. The number of urea groups is 1. The molecule has 7 N–H and O–H groups in total. The normalized spacial score (nSPS) is 10.8. The number of rotatable bonds is 7. The number of primary amides is 1. The molecular formula is C10H21N3O5. The summed E-state index contributed by atoms with van der Waals surface area (Å²) in [6.07, 6.45) is 1.86. The summed E-state index contributed by atoms with van der Waals surface area (Å²) in [6, 6.07) is -1.47. The summed E-state index contributed by atoms with van der Waals surface area (Å²) >= 11 is 0. The van der Waals surface area contributed by atoms with Crippen molar-refractivity contribution in [1.29, 1.82) is 0 Å². The van der Waals surface area contributed by atoms with Gasteiger partial charge in [0.1, 0.15) is 6.04 Å². The molecule has 0 saturated carbocycles. The van der Waals surface area contributed by atoms with Crippen molar-refractivity contribution in [3.8, 4) is 0 Å². The first kappa shape index (κ1) is 18.5. The number of nitrogens with one attached hydrogen (secondary N) is 1. The van der Waals surface area contributed by atoms with Crippen molar-refractivity contribution in [3.63, 3.8) is 0 Å². The van der Waals surface area contributed by atoms with E-state index in [0.717, 1.165) is 6.42 Å². The number of hydrogen-bond acceptors (Lipinski definition) is 4. The Balaban J connectivity index is 0. The van der Waals surface area contributed by atoms with Crippen LogP contribution in [0.4, 0.5) is 4.79 Å². The van der Waals surface area contributed by atoms with E-state index in [-0.39, 0.29) is 0 Å². The highest BCUT2D eigenvalue weighted by atomic mass is 16.4. The third-order valence-electron chi connectivity index (χ3n) is 1.77. The topological polar surface area (TPSA) is 156 Å². The Morgan fingerprint density at radius 2 is 1.83 bits per heavy atom. The average molecular weight is 263 g/mol. The van der Waals surface area contributed by atoms with Crippen molar-refractivity contribution in [1.82, 2.24) is 5.32 Å². The number of amides is 2. The third kappa shape index (κ3) is 16.6. The quantitative estimate of drug-likeness (QED) is 0.397. The van der Waals surface area contributed by atoms with Gasteiger partial charge in [0.05, 0.1) is 0 Å². The Bertz CT molecular complexity index is 270. The molecule has 0 unspecified atom stereocenters. The summed E-state index contributed by atoms with van der Waals surface area (Å²) in [5, 5.41) is 18.6. The molecule has 8 heteroatoms. The van der Waals surface area contributed by atoms with Gasteiger partial charge in [0.15, 0.2) is 0 Å². The molecule has 0 aromatic heterocycles. The second-order valence-electron chi connectivity index (χ2n) is 3.52. The van der Waals surface area contributed by atoms with Crippen molar-refractivity contribution in [3.05, 3.63) is 0 Å². The van der Waals surface area contributed by atoms with Gasteiger partial charge in [-0.1, -0.05) is 6.92 Å². The number of carboxylic acid groups (broad SMARTS) is 2. The highest BCUT2D eigenvalue weighted by Gasteiger charge is 2.09. The number of carbonyl (C=O) groups is 3. The second-order valence-corrected chi connectivity index (χ2v) is 3.52. The summed E-state index contributed by atoms with van der Waals surface area (Å²) < 4.78 is 0. The van der Waals surface area contributed by atoms with E-state index in [2.05, 4.69) is 5.32 Å². The summed E-state index contributed by atoms with van der Waals surface area (Å²) in [4.78, 5) is 29.9. The van der Waals surface area contributed by atoms with Crippen LogP contribution in [0.5, 0.6) is 0 Å². The van der Waals surface area contributed by atoms with Crippen LogP contribution in [0, 0.1) is 0 Å². The van der Waals surface area contributed by atoms with Gasteiger partial charge >= 0.3 is 18.0 Å². The molecule has 0 saturated heterocycles. The molecule has 0 fully saturated rings. The maximum atomic E-state index is 10.2. The third-order valence-corrected chi connectivity index (χ3v) is 1.77. The monoisotopic (exact) mass is 263 g/mol. The predicted molar refractivity (Wildman–Crippen MR) is 65.0 cm³/mol. The van der Waals surface area contributed by atoms with Crippen molar-refractivity contribution in [2.45, 2.75) is 38.6 Å². The predicted octanol–water partition coefficient (Wildman–Crippen LogP) is -0.282. The van der Waals surface area contributed by atoms with E-state index in [1.54, 1.807) is 0 Å². The molecule has 0 aliphatic carbocycles. The van der Waals surface area contributed by atoms with Gasteiger partial charge < -0.3 is 27.0 Å². The SMILES string of the molecule is CCCC(=O)O.NC(=O)NCCC[C@H](N)C(=O)O. The van der Waals surface area contributed by atoms with E-state index in [1.807, 2.05) is 6.92 Å². The van der Waals surface area contributed by atoms with E-state index < -0.39 is 24.0 Å². The maximum absolute atomic E-state index is 10.2.